The highest BCUT2D eigenvalue weighted by molar-refractivity contribution is 7.15. The zero-order valence-electron chi connectivity index (χ0n) is 25.8. The molecule has 0 unspecified atom stereocenters. The second-order valence-electron chi connectivity index (χ2n) is 12.8. The van der Waals surface area contributed by atoms with Crippen LogP contribution in [0.25, 0.3) is 5.00 Å². The highest BCUT2D eigenvalue weighted by Crippen LogP contribution is 2.39. The fourth-order valence-electron chi connectivity index (χ4n) is 7.22. The number of hydrogen-bond donors (Lipinski definition) is 1. The third kappa shape index (κ3) is 5.34. The van der Waals surface area contributed by atoms with E-state index in [0.717, 1.165) is 68.5 Å². The molecular weight excluding hydrogens is 552 g/mol. The number of fused-ring (bicyclic) bond motifs is 3. The van der Waals surface area contributed by atoms with Gasteiger partial charge >= 0.3 is 0 Å². The van der Waals surface area contributed by atoms with E-state index in [1.165, 1.54) is 45.1 Å². The van der Waals surface area contributed by atoms with Crippen LogP contribution in [0.4, 0.5) is 5.69 Å². The molecule has 3 aliphatic rings. The van der Waals surface area contributed by atoms with Crippen molar-refractivity contribution < 1.29 is 5.11 Å². The van der Waals surface area contributed by atoms with Gasteiger partial charge in [-0.05, 0) is 95.6 Å². The molecule has 4 aromatic rings. The predicted octanol–water partition coefficient (Wildman–Crippen LogP) is 6.38. The second-order valence-corrected chi connectivity index (χ2v) is 14.0. The summed E-state index contributed by atoms with van der Waals surface area (Å²) in [5, 5.41) is 21.6. The van der Waals surface area contributed by atoms with E-state index in [4.69, 9.17) is 4.99 Å². The molecule has 2 aromatic heterocycles. The smallest absolute Gasteiger partial charge is 0.162 e. The van der Waals surface area contributed by atoms with Gasteiger partial charge in [0, 0.05) is 41.3 Å². The third-order valence-corrected chi connectivity index (χ3v) is 11.1. The summed E-state index contributed by atoms with van der Waals surface area (Å²) in [4.78, 5) is 11.4. The van der Waals surface area contributed by atoms with E-state index in [2.05, 4.69) is 99.9 Å². The number of benzene rings is 2. The molecule has 8 heteroatoms. The Morgan fingerprint density at radius 2 is 1.60 bits per heavy atom. The minimum Gasteiger partial charge on any atom is -0.388 e. The summed E-state index contributed by atoms with van der Waals surface area (Å²) in [6, 6.07) is 19.7. The molecule has 0 spiro atoms. The maximum Gasteiger partial charge on any atom is 0.162 e. The zero-order valence-corrected chi connectivity index (χ0v) is 26.6. The van der Waals surface area contributed by atoms with E-state index in [0.29, 0.717) is 5.92 Å². The van der Waals surface area contributed by atoms with Crippen LogP contribution in [0.5, 0.6) is 0 Å². The Kier molecular flexibility index (Phi) is 7.48. The molecule has 0 aliphatic carbocycles. The maximum atomic E-state index is 11.5. The molecule has 2 fully saturated rings. The second kappa shape index (κ2) is 11.3. The molecule has 1 atom stereocenters. The Labute approximate surface area is 258 Å². The van der Waals surface area contributed by atoms with E-state index < -0.39 is 5.60 Å². The van der Waals surface area contributed by atoms with Crippen molar-refractivity contribution in [2.45, 2.75) is 70.9 Å². The molecular formula is C35H42N6OS. The number of rotatable bonds is 5. The molecule has 7 rings (SSSR count). The Morgan fingerprint density at radius 3 is 2.30 bits per heavy atom. The summed E-state index contributed by atoms with van der Waals surface area (Å²) in [7, 11) is 0. The van der Waals surface area contributed by atoms with Crippen molar-refractivity contribution >= 4 is 22.7 Å². The molecule has 3 aliphatic heterocycles. The van der Waals surface area contributed by atoms with Crippen molar-refractivity contribution in [3.8, 4) is 5.00 Å². The molecule has 2 aromatic carbocycles. The molecule has 2 saturated heterocycles. The average Bonchev–Trinajstić information content (AvgIpc) is 3.51. The van der Waals surface area contributed by atoms with Crippen molar-refractivity contribution in [3.63, 3.8) is 0 Å². The summed E-state index contributed by atoms with van der Waals surface area (Å²) in [6.45, 7) is 13.2. The number of aliphatic imine (C=N–C) groups is 1. The maximum absolute atomic E-state index is 11.5. The van der Waals surface area contributed by atoms with Crippen LogP contribution in [-0.2, 0) is 0 Å². The lowest BCUT2D eigenvalue weighted by Crippen LogP contribution is -2.52. The van der Waals surface area contributed by atoms with Gasteiger partial charge in [0.1, 0.15) is 16.9 Å². The molecule has 1 N–H and O–H groups in total. The minimum absolute atomic E-state index is 0.0842. The Hall–Kier alpha value is -3.33. The number of aromatic nitrogens is 3. The third-order valence-electron chi connectivity index (χ3n) is 9.93. The van der Waals surface area contributed by atoms with Crippen LogP contribution < -0.4 is 4.90 Å². The van der Waals surface area contributed by atoms with E-state index in [1.807, 2.05) is 6.92 Å². The summed E-state index contributed by atoms with van der Waals surface area (Å²) in [5.41, 5.74) is 6.69. The Morgan fingerprint density at radius 1 is 0.907 bits per heavy atom. The highest BCUT2D eigenvalue weighted by Gasteiger charge is 2.36. The van der Waals surface area contributed by atoms with Crippen LogP contribution >= 0.6 is 11.3 Å². The lowest BCUT2D eigenvalue weighted by atomic mass is 9.86. The monoisotopic (exact) mass is 594 g/mol. The van der Waals surface area contributed by atoms with Gasteiger partial charge in [0.15, 0.2) is 5.82 Å². The zero-order chi connectivity index (χ0) is 29.7. The first kappa shape index (κ1) is 28.4. The molecule has 0 radical (unpaired) electrons. The van der Waals surface area contributed by atoms with Gasteiger partial charge < -0.3 is 14.9 Å². The standard InChI is InChI=1S/C35H42N6OS/c1-23-25(3)43-34-31(23)32(36-24(2)33-38-37-26(4)41(33)34)29-10-12-30(13-11-29)40-20-16-35(42,17-21-40)22-39-18-14-28(15-19-39)27-8-6-5-7-9-27/h5-13,24,28,42H,14-22H2,1-4H3/t24-/m0/s1. The summed E-state index contributed by atoms with van der Waals surface area (Å²) in [5.74, 6) is 2.44. The fraction of sp³-hybridized carbons (Fsp3) is 0.457. The molecule has 43 heavy (non-hydrogen) atoms. The van der Waals surface area contributed by atoms with E-state index in [9.17, 15) is 5.11 Å². The van der Waals surface area contributed by atoms with Crippen molar-refractivity contribution in [1.82, 2.24) is 19.7 Å². The lowest BCUT2D eigenvalue weighted by Gasteiger charge is -2.43. The highest BCUT2D eigenvalue weighted by atomic mass is 32.1. The molecule has 7 nitrogen and oxygen atoms in total. The van der Waals surface area contributed by atoms with Crippen LogP contribution in [0.2, 0.25) is 0 Å². The number of aryl methyl sites for hydroxylation is 2. The molecule has 0 saturated carbocycles. The van der Waals surface area contributed by atoms with Gasteiger partial charge in [-0.3, -0.25) is 9.56 Å². The van der Waals surface area contributed by atoms with E-state index in [1.54, 1.807) is 11.3 Å². The van der Waals surface area contributed by atoms with Crippen molar-refractivity contribution in [2.75, 3.05) is 37.6 Å². The normalized spacial score (nSPS) is 20.8. The Balaban J connectivity index is 1.02. The molecule has 224 valence electrons. The number of thiophene rings is 1. The van der Waals surface area contributed by atoms with Crippen molar-refractivity contribution in [3.05, 3.63) is 93.4 Å². The first-order valence-electron chi connectivity index (χ1n) is 15.8. The van der Waals surface area contributed by atoms with Gasteiger partial charge in [0.25, 0.3) is 0 Å². The number of aliphatic hydroxyl groups is 1. The van der Waals surface area contributed by atoms with Gasteiger partial charge in [-0.1, -0.05) is 42.5 Å². The Bertz CT molecular complexity index is 1620. The number of likely N-dealkylation sites (tertiary alicyclic amines) is 1. The number of anilines is 1. The van der Waals surface area contributed by atoms with E-state index in [-0.39, 0.29) is 6.04 Å². The topological polar surface area (TPSA) is 69.8 Å². The number of nitrogens with zero attached hydrogens (tertiary/aromatic N) is 6. The number of hydrogen-bond acceptors (Lipinski definition) is 7. The van der Waals surface area contributed by atoms with Gasteiger partial charge in [-0.15, -0.1) is 21.5 Å². The number of piperidine rings is 2. The van der Waals surface area contributed by atoms with Crippen LogP contribution in [0.3, 0.4) is 0 Å². The number of β-amino-alcohol motifs (C(OH)–C–C–N with tert-alkyl or cyclic N) is 1. The van der Waals surface area contributed by atoms with Crippen molar-refractivity contribution in [1.29, 1.82) is 0 Å². The predicted molar refractivity (Wildman–Crippen MR) is 175 cm³/mol. The van der Waals surface area contributed by atoms with Crippen LogP contribution in [0.15, 0.2) is 59.6 Å². The molecule has 0 bridgehead atoms. The van der Waals surface area contributed by atoms with Crippen LogP contribution in [0.1, 0.15) is 83.3 Å². The van der Waals surface area contributed by atoms with Crippen LogP contribution in [-0.4, -0.2) is 68.8 Å². The van der Waals surface area contributed by atoms with Gasteiger partial charge in [-0.25, -0.2) is 0 Å². The van der Waals surface area contributed by atoms with Gasteiger partial charge in [-0.2, -0.15) is 0 Å². The largest absolute Gasteiger partial charge is 0.388 e. The molecule has 0 amide bonds. The summed E-state index contributed by atoms with van der Waals surface area (Å²) >= 11 is 1.80. The van der Waals surface area contributed by atoms with E-state index >= 15 is 0 Å². The quantitative estimate of drug-likeness (QED) is 0.291. The minimum atomic E-state index is -0.608. The van der Waals surface area contributed by atoms with Gasteiger partial charge in [0.05, 0.1) is 11.3 Å². The van der Waals surface area contributed by atoms with Gasteiger partial charge in [0.2, 0.25) is 0 Å². The average molecular weight is 595 g/mol. The summed E-state index contributed by atoms with van der Waals surface area (Å²) < 4.78 is 2.19. The first-order chi connectivity index (χ1) is 20.8. The summed E-state index contributed by atoms with van der Waals surface area (Å²) in [6.07, 6.45) is 3.95. The fourth-order valence-corrected chi connectivity index (χ4v) is 8.43. The lowest BCUT2D eigenvalue weighted by molar-refractivity contribution is -0.0213. The molecule has 5 heterocycles. The van der Waals surface area contributed by atoms with Crippen LogP contribution in [0, 0.1) is 20.8 Å². The SMILES string of the molecule is Cc1sc2c(c1C)C(c1ccc(N3CCC(O)(CN4CCC(c5ccccc5)CC4)CC3)cc1)=N[C@@H](C)c1nnc(C)n1-2. The first-order valence-corrected chi connectivity index (χ1v) is 16.6. The van der Waals surface area contributed by atoms with Crippen molar-refractivity contribution in [2.24, 2.45) is 4.99 Å².